The molecule has 1 aliphatic rings. The molecule has 1 atom stereocenters. The second kappa shape index (κ2) is 6.45. The third-order valence-electron chi connectivity index (χ3n) is 3.53. The van der Waals surface area contributed by atoms with Gasteiger partial charge in [0.1, 0.15) is 0 Å². The molecule has 1 unspecified atom stereocenters. The summed E-state index contributed by atoms with van der Waals surface area (Å²) in [7, 11) is -1.29. The molecule has 1 aliphatic heterocycles. The van der Waals surface area contributed by atoms with E-state index in [2.05, 4.69) is 10.3 Å². The second-order valence-corrected chi connectivity index (χ2v) is 6.96. The van der Waals surface area contributed by atoms with Gasteiger partial charge in [0.2, 0.25) is 10.0 Å². The first kappa shape index (κ1) is 14.4. The molecule has 0 amide bonds. The Labute approximate surface area is 115 Å². The minimum Gasteiger partial charge on any atom is -0.316 e. The van der Waals surface area contributed by atoms with Crippen LogP contribution in [0.15, 0.2) is 24.4 Å². The fourth-order valence-electron chi connectivity index (χ4n) is 2.34. The van der Waals surface area contributed by atoms with Crippen molar-refractivity contribution >= 4 is 10.0 Å². The van der Waals surface area contributed by atoms with Gasteiger partial charge >= 0.3 is 0 Å². The van der Waals surface area contributed by atoms with Crippen molar-refractivity contribution < 1.29 is 8.42 Å². The van der Waals surface area contributed by atoms with Gasteiger partial charge in [-0.1, -0.05) is 6.07 Å². The number of rotatable bonds is 5. The number of nitrogens with zero attached hydrogens (tertiary/aromatic N) is 2. The molecule has 1 saturated heterocycles. The molecule has 1 fully saturated rings. The van der Waals surface area contributed by atoms with E-state index in [1.807, 2.05) is 25.2 Å². The molecule has 1 aromatic heterocycles. The maximum Gasteiger partial charge on any atom is 0.214 e. The summed E-state index contributed by atoms with van der Waals surface area (Å²) in [5, 5.41) is 3.16. The van der Waals surface area contributed by atoms with Gasteiger partial charge in [-0.25, -0.2) is 12.7 Å². The lowest BCUT2D eigenvalue weighted by Crippen LogP contribution is -2.47. The highest BCUT2D eigenvalue weighted by Crippen LogP contribution is 2.15. The van der Waals surface area contributed by atoms with Crippen molar-refractivity contribution in [2.45, 2.75) is 25.3 Å². The van der Waals surface area contributed by atoms with Crippen molar-refractivity contribution in [2.75, 3.05) is 25.9 Å². The highest BCUT2D eigenvalue weighted by molar-refractivity contribution is 7.89. The molecule has 2 heterocycles. The average Bonchev–Trinajstić information content (AvgIpc) is 2.46. The van der Waals surface area contributed by atoms with Crippen molar-refractivity contribution in [1.82, 2.24) is 14.6 Å². The summed E-state index contributed by atoms with van der Waals surface area (Å²) in [5.74, 6) is 0.139. The van der Waals surface area contributed by atoms with Crippen molar-refractivity contribution in [3.05, 3.63) is 30.1 Å². The van der Waals surface area contributed by atoms with Gasteiger partial charge in [0.15, 0.2) is 0 Å². The van der Waals surface area contributed by atoms with Crippen LogP contribution < -0.4 is 5.32 Å². The highest BCUT2D eigenvalue weighted by atomic mass is 32.2. The lowest BCUT2D eigenvalue weighted by molar-refractivity contribution is 0.293. The van der Waals surface area contributed by atoms with E-state index < -0.39 is 10.0 Å². The van der Waals surface area contributed by atoms with E-state index >= 15 is 0 Å². The van der Waals surface area contributed by atoms with E-state index in [1.165, 1.54) is 0 Å². The number of hydrogen-bond donors (Lipinski definition) is 1. The maximum absolute atomic E-state index is 12.3. The molecular weight excluding hydrogens is 262 g/mol. The summed E-state index contributed by atoms with van der Waals surface area (Å²) in [6.45, 7) is 1.23. The molecule has 0 aromatic carbocycles. The smallest absolute Gasteiger partial charge is 0.214 e. The molecule has 5 nitrogen and oxygen atoms in total. The Balaban J connectivity index is 1.94. The van der Waals surface area contributed by atoms with Gasteiger partial charge in [-0.05, 0) is 32.0 Å². The molecule has 2 rings (SSSR count). The lowest BCUT2D eigenvalue weighted by Gasteiger charge is -2.31. The van der Waals surface area contributed by atoms with Crippen molar-refractivity contribution in [3.63, 3.8) is 0 Å². The van der Waals surface area contributed by atoms with Gasteiger partial charge in [0.25, 0.3) is 0 Å². The van der Waals surface area contributed by atoms with Crippen LogP contribution in [-0.2, 0) is 16.4 Å². The van der Waals surface area contributed by atoms with Gasteiger partial charge < -0.3 is 5.32 Å². The molecule has 106 valence electrons. The first-order chi connectivity index (χ1) is 9.12. The number of nitrogens with one attached hydrogen (secondary N) is 1. The van der Waals surface area contributed by atoms with Gasteiger partial charge in [-0.2, -0.15) is 0 Å². The summed E-state index contributed by atoms with van der Waals surface area (Å²) in [6, 6.07) is 5.85. The zero-order chi connectivity index (χ0) is 13.7. The average molecular weight is 283 g/mol. The number of aryl methyl sites for hydroxylation is 1. The fraction of sp³-hybridized carbons (Fsp3) is 0.615. The topological polar surface area (TPSA) is 62.3 Å². The molecule has 6 heteroatoms. The molecule has 0 aliphatic carbocycles. The normalized spacial score (nSPS) is 21.4. The molecule has 0 bridgehead atoms. The van der Waals surface area contributed by atoms with Gasteiger partial charge in [-0.3, -0.25) is 4.98 Å². The Morgan fingerprint density at radius 3 is 3.00 bits per heavy atom. The van der Waals surface area contributed by atoms with Crippen LogP contribution in [0.25, 0.3) is 0 Å². The molecule has 0 spiro atoms. The van der Waals surface area contributed by atoms with E-state index in [0.29, 0.717) is 19.5 Å². The molecule has 0 saturated carbocycles. The summed E-state index contributed by atoms with van der Waals surface area (Å²) in [6.07, 6.45) is 4.14. The van der Waals surface area contributed by atoms with Crippen LogP contribution in [0.1, 0.15) is 18.5 Å². The predicted molar refractivity (Wildman–Crippen MR) is 75.4 cm³/mol. The number of pyridine rings is 1. The zero-order valence-corrected chi connectivity index (χ0v) is 12.1. The largest absolute Gasteiger partial charge is 0.316 e. The van der Waals surface area contributed by atoms with Crippen LogP contribution in [0.4, 0.5) is 0 Å². The zero-order valence-electron chi connectivity index (χ0n) is 11.2. The van der Waals surface area contributed by atoms with E-state index in [-0.39, 0.29) is 11.8 Å². The summed E-state index contributed by atoms with van der Waals surface area (Å²) >= 11 is 0. The SMILES string of the molecule is CNC1CCCN(S(=O)(=O)CCc2ccccn2)C1. The maximum atomic E-state index is 12.3. The lowest BCUT2D eigenvalue weighted by atomic mass is 10.1. The third kappa shape index (κ3) is 3.99. The number of sulfonamides is 1. The minimum atomic E-state index is -3.17. The van der Waals surface area contributed by atoms with Crippen LogP contribution in [0.2, 0.25) is 0 Å². The van der Waals surface area contributed by atoms with Gasteiger partial charge in [-0.15, -0.1) is 0 Å². The van der Waals surface area contributed by atoms with Crippen LogP contribution >= 0.6 is 0 Å². The number of aromatic nitrogens is 1. The number of likely N-dealkylation sites (N-methyl/N-ethyl adjacent to an activating group) is 1. The van der Waals surface area contributed by atoms with Crippen molar-refractivity contribution in [1.29, 1.82) is 0 Å². The molecule has 0 radical (unpaired) electrons. The minimum absolute atomic E-state index is 0.139. The Kier molecular flexibility index (Phi) is 4.90. The summed E-state index contributed by atoms with van der Waals surface area (Å²) in [5.41, 5.74) is 0.827. The Morgan fingerprint density at radius 1 is 1.47 bits per heavy atom. The Hall–Kier alpha value is -0.980. The van der Waals surface area contributed by atoms with Crippen LogP contribution in [0, 0.1) is 0 Å². The van der Waals surface area contributed by atoms with E-state index in [4.69, 9.17) is 0 Å². The van der Waals surface area contributed by atoms with Crippen molar-refractivity contribution in [2.24, 2.45) is 0 Å². The van der Waals surface area contributed by atoms with Crippen LogP contribution in [-0.4, -0.2) is 49.6 Å². The second-order valence-electron chi connectivity index (χ2n) is 4.87. The first-order valence-corrected chi connectivity index (χ1v) is 8.28. The fourth-order valence-corrected chi connectivity index (χ4v) is 3.88. The number of hydrogen-bond acceptors (Lipinski definition) is 4. The van der Waals surface area contributed by atoms with Crippen molar-refractivity contribution in [3.8, 4) is 0 Å². The summed E-state index contributed by atoms with van der Waals surface area (Å²) in [4.78, 5) is 4.16. The van der Waals surface area contributed by atoms with Crippen LogP contribution in [0.3, 0.4) is 0 Å². The van der Waals surface area contributed by atoms with E-state index in [9.17, 15) is 8.42 Å². The third-order valence-corrected chi connectivity index (χ3v) is 5.37. The van der Waals surface area contributed by atoms with Crippen LogP contribution in [0.5, 0.6) is 0 Å². The molecular formula is C13H21N3O2S. The Bertz CT molecular complexity index is 490. The predicted octanol–water partition coefficient (Wildman–Crippen LogP) is 0.638. The molecule has 1 aromatic rings. The molecule has 19 heavy (non-hydrogen) atoms. The van der Waals surface area contributed by atoms with E-state index in [0.717, 1.165) is 18.5 Å². The van der Waals surface area contributed by atoms with E-state index in [1.54, 1.807) is 10.5 Å². The monoisotopic (exact) mass is 283 g/mol. The summed E-state index contributed by atoms with van der Waals surface area (Å²) < 4.78 is 26.2. The quantitative estimate of drug-likeness (QED) is 0.861. The Morgan fingerprint density at radius 2 is 2.32 bits per heavy atom. The first-order valence-electron chi connectivity index (χ1n) is 6.67. The highest BCUT2D eigenvalue weighted by Gasteiger charge is 2.27. The van der Waals surface area contributed by atoms with Gasteiger partial charge in [0.05, 0.1) is 5.75 Å². The molecule has 1 N–H and O–H groups in total. The standard InChI is InChI=1S/C13H21N3O2S/c1-14-13-6-4-9-16(11-13)19(17,18)10-7-12-5-2-3-8-15-12/h2-3,5,8,13-14H,4,6-7,9-11H2,1H3. The number of piperidine rings is 1. The van der Waals surface area contributed by atoms with Gasteiger partial charge in [0, 0.05) is 37.4 Å².